The van der Waals surface area contributed by atoms with Gasteiger partial charge in [0.15, 0.2) is 5.82 Å². The normalized spacial score (nSPS) is 14.6. The fraction of sp³-hybridized carbons (Fsp3) is 0.381. The van der Waals surface area contributed by atoms with Crippen molar-refractivity contribution in [3.8, 4) is 17.6 Å². The number of alkyl halides is 2. The van der Waals surface area contributed by atoms with E-state index in [0.29, 0.717) is 11.3 Å². The summed E-state index contributed by atoms with van der Waals surface area (Å²) in [6, 6.07) is 6.91. The third-order valence-corrected chi connectivity index (χ3v) is 7.81. The highest BCUT2D eigenvalue weighted by Gasteiger charge is 2.29. The molecule has 1 aromatic carbocycles. The zero-order valence-corrected chi connectivity index (χ0v) is 18.9. The molecule has 1 N–H and O–H groups in total. The van der Waals surface area contributed by atoms with Gasteiger partial charge < -0.3 is 4.57 Å². The third kappa shape index (κ3) is 3.98. The molecule has 168 valence electrons. The summed E-state index contributed by atoms with van der Waals surface area (Å²) in [5, 5.41) is 10.7. The van der Waals surface area contributed by atoms with Crippen molar-refractivity contribution >= 4 is 32.7 Å². The van der Waals surface area contributed by atoms with Crippen LogP contribution in [0, 0.1) is 11.3 Å². The number of fused-ring (bicyclic) bond motifs is 1. The van der Waals surface area contributed by atoms with Crippen molar-refractivity contribution in [2.75, 3.05) is 19.6 Å². The molecule has 4 rings (SSSR count). The fourth-order valence-electron chi connectivity index (χ4n) is 3.74. The van der Waals surface area contributed by atoms with E-state index in [1.165, 1.54) is 0 Å². The van der Waals surface area contributed by atoms with Crippen molar-refractivity contribution in [3.63, 3.8) is 0 Å². The average Bonchev–Trinajstić information content (AvgIpc) is 3.09. The summed E-state index contributed by atoms with van der Waals surface area (Å²) in [7, 11) is -4.18. The summed E-state index contributed by atoms with van der Waals surface area (Å²) in [6.07, 6.45) is 7.19. The second-order valence-electron chi connectivity index (χ2n) is 7.54. The summed E-state index contributed by atoms with van der Waals surface area (Å²) < 4.78 is 54.3. The number of benzene rings is 1. The third-order valence-electron chi connectivity index (χ3n) is 5.61. The number of sulfonamides is 1. The van der Waals surface area contributed by atoms with Crippen LogP contribution in [0.3, 0.4) is 0 Å². The maximum Gasteiger partial charge on any atom is 0.244 e. The van der Waals surface area contributed by atoms with Crippen molar-refractivity contribution in [1.82, 2.24) is 19.3 Å². The van der Waals surface area contributed by atoms with Crippen LogP contribution in [-0.2, 0) is 10.0 Å². The second-order valence-corrected chi connectivity index (χ2v) is 10.1. The molecule has 0 radical (unpaired) electrons. The van der Waals surface area contributed by atoms with Crippen LogP contribution < -0.4 is 4.72 Å². The van der Waals surface area contributed by atoms with Crippen LogP contribution in [0.1, 0.15) is 30.9 Å². The molecule has 0 spiro atoms. The maximum absolute atomic E-state index is 12.8. The molecule has 1 aliphatic rings. The number of nitriles is 1. The predicted molar refractivity (Wildman–Crippen MR) is 118 cm³/mol. The molecule has 1 aliphatic carbocycles. The molecule has 7 nitrogen and oxygen atoms in total. The van der Waals surface area contributed by atoms with Gasteiger partial charge in [0, 0.05) is 16.3 Å². The number of aromatic nitrogens is 3. The number of rotatable bonds is 8. The first kappa shape index (κ1) is 22.6. The predicted octanol–water partition coefficient (Wildman–Crippen LogP) is 4.00. The molecule has 0 saturated heterocycles. The van der Waals surface area contributed by atoms with Crippen LogP contribution in [-0.4, -0.2) is 48.6 Å². The van der Waals surface area contributed by atoms with Gasteiger partial charge in [-0.25, -0.2) is 31.9 Å². The Kier molecular flexibility index (Phi) is 6.46. The first-order valence-corrected chi connectivity index (χ1v) is 12.7. The van der Waals surface area contributed by atoms with E-state index in [0.717, 1.165) is 47.5 Å². The number of nitrogens with zero attached hydrogens (tertiary/aromatic N) is 4. The minimum Gasteiger partial charge on any atom is -0.334 e. The van der Waals surface area contributed by atoms with Gasteiger partial charge in [-0.3, -0.25) is 0 Å². The van der Waals surface area contributed by atoms with Crippen molar-refractivity contribution in [3.05, 3.63) is 36.2 Å². The summed E-state index contributed by atoms with van der Waals surface area (Å²) in [5.74, 6) is 0.224. The Morgan fingerprint density at radius 3 is 2.50 bits per heavy atom. The summed E-state index contributed by atoms with van der Waals surface area (Å²) in [6.45, 7) is -2.33. The van der Waals surface area contributed by atoms with E-state index in [1.807, 2.05) is 29.2 Å². The highest BCUT2D eigenvalue weighted by molar-refractivity contribution is 7.98. The van der Waals surface area contributed by atoms with E-state index in [-0.39, 0.29) is 16.8 Å². The van der Waals surface area contributed by atoms with Crippen LogP contribution in [0.4, 0.5) is 8.78 Å². The average molecular weight is 478 g/mol. The lowest BCUT2D eigenvalue weighted by atomic mass is 9.92. The van der Waals surface area contributed by atoms with E-state index in [4.69, 9.17) is 0 Å². The molecule has 3 aromatic rings. The molecular weight excluding hydrogens is 456 g/mol. The van der Waals surface area contributed by atoms with E-state index < -0.39 is 29.4 Å². The monoisotopic (exact) mass is 477 g/mol. The molecule has 2 heterocycles. The molecule has 32 heavy (non-hydrogen) atoms. The zero-order valence-electron chi connectivity index (χ0n) is 17.3. The molecule has 0 amide bonds. The molecule has 0 bridgehead atoms. The SMILES string of the molecule is CSc1ccc2c(C#N)c(-c3ncc(S(=O)(=O)NC(CF)CF)cn3)n(C3CCC3)c2c1. The van der Waals surface area contributed by atoms with Gasteiger partial charge in [0.25, 0.3) is 0 Å². The molecule has 0 unspecified atom stereocenters. The number of hydrogen-bond donors (Lipinski definition) is 1. The Morgan fingerprint density at radius 2 is 1.97 bits per heavy atom. The largest absolute Gasteiger partial charge is 0.334 e. The molecule has 0 atom stereocenters. The summed E-state index contributed by atoms with van der Waals surface area (Å²) >= 11 is 1.61. The van der Waals surface area contributed by atoms with Gasteiger partial charge in [0.1, 0.15) is 30.0 Å². The zero-order chi connectivity index (χ0) is 22.9. The van der Waals surface area contributed by atoms with Gasteiger partial charge in [-0.05, 0) is 37.7 Å². The molecule has 1 fully saturated rings. The second kappa shape index (κ2) is 9.13. The first-order chi connectivity index (χ1) is 15.4. The summed E-state index contributed by atoms with van der Waals surface area (Å²) in [5.41, 5.74) is 1.90. The molecule has 2 aromatic heterocycles. The Balaban J connectivity index is 1.82. The van der Waals surface area contributed by atoms with Gasteiger partial charge >= 0.3 is 0 Å². The van der Waals surface area contributed by atoms with Crippen molar-refractivity contribution in [1.29, 1.82) is 5.26 Å². The van der Waals surface area contributed by atoms with E-state index in [9.17, 15) is 22.5 Å². The lowest BCUT2D eigenvalue weighted by Crippen LogP contribution is -2.38. The van der Waals surface area contributed by atoms with Gasteiger partial charge in [-0.1, -0.05) is 6.07 Å². The Hall–Kier alpha value is -2.55. The first-order valence-electron chi connectivity index (χ1n) is 10.0. The van der Waals surface area contributed by atoms with Gasteiger partial charge in [0.2, 0.25) is 10.0 Å². The van der Waals surface area contributed by atoms with Crippen molar-refractivity contribution in [2.45, 2.75) is 41.1 Å². The van der Waals surface area contributed by atoms with E-state index in [2.05, 4.69) is 20.6 Å². The van der Waals surface area contributed by atoms with Crippen LogP contribution >= 0.6 is 11.8 Å². The van der Waals surface area contributed by atoms with E-state index >= 15 is 0 Å². The van der Waals surface area contributed by atoms with Gasteiger partial charge in [-0.2, -0.15) is 5.26 Å². The van der Waals surface area contributed by atoms with Gasteiger partial charge in [-0.15, -0.1) is 11.8 Å². The smallest absolute Gasteiger partial charge is 0.244 e. The standard InChI is InChI=1S/C21H21F2N5O2S2/c1-31-15-5-6-17-18(10-24)20(28(19(17)7-15)14-3-2-4-14)21-25-11-16(12-26-21)32(29,30)27-13(8-22)9-23/h5-7,11-14,27H,2-4,8-9H2,1H3. The van der Waals surface area contributed by atoms with Crippen molar-refractivity contribution < 1.29 is 17.2 Å². The Morgan fingerprint density at radius 1 is 1.28 bits per heavy atom. The Labute approximate surface area is 188 Å². The molecule has 11 heteroatoms. The summed E-state index contributed by atoms with van der Waals surface area (Å²) in [4.78, 5) is 9.22. The topological polar surface area (TPSA) is 101 Å². The number of hydrogen-bond acceptors (Lipinski definition) is 6. The van der Waals surface area contributed by atoms with Crippen molar-refractivity contribution in [2.24, 2.45) is 0 Å². The van der Waals surface area contributed by atoms with Gasteiger partial charge in [0.05, 0.1) is 29.5 Å². The molecular formula is C21H21F2N5O2S2. The minimum absolute atomic E-state index is 0.204. The fourth-order valence-corrected chi connectivity index (χ4v) is 5.26. The molecule has 0 aliphatic heterocycles. The highest BCUT2D eigenvalue weighted by Crippen LogP contribution is 2.42. The Bertz CT molecular complexity index is 1280. The quantitative estimate of drug-likeness (QED) is 0.492. The maximum atomic E-state index is 12.8. The van der Waals surface area contributed by atoms with Crippen LogP contribution in [0.2, 0.25) is 0 Å². The minimum atomic E-state index is -4.18. The van der Waals surface area contributed by atoms with Crippen LogP contribution in [0.15, 0.2) is 40.4 Å². The van der Waals surface area contributed by atoms with E-state index in [1.54, 1.807) is 11.8 Å². The lowest BCUT2D eigenvalue weighted by Gasteiger charge is -2.29. The highest BCUT2D eigenvalue weighted by atomic mass is 32.2. The number of halogens is 2. The lowest BCUT2D eigenvalue weighted by molar-refractivity contribution is 0.323. The molecule has 1 saturated carbocycles. The van der Waals surface area contributed by atoms with Crippen LogP contribution in [0.25, 0.3) is 22.4 Å². The van der Waals surface area contributed by atoms with Crippen LogP contribution in [0.5, 0.6) is 0 Å². The number of thioether (sulfide) groups is 1. The number of nitrogens with one attached hydrogen (secondary N) is 1.